The number of nitrogens with zero attached hydrogens (tertiary/aromatic N) is 1. The molecule has 0 radical (unpaired) electrons. The third-order valence-corrected chi connectivity index (χ3v) is 3.61. The minimum atomic E-state index is 0.0562. The van der Waals surface area contributed by atoms with Crippen molar-refractivity contribution in [2.75, 3.05) is 13.7 Å². The van der Waals surface area contributed by atoms with Crippen LogP contribution < -0.4 is 9.47 Å². The molecule has 0 bridgehead atoms. The molecular formula is C17H17NO3. The van der Waals surface area contributed by atoms with E-state index >= 15 is 0 Å². The highest BCUT2D eigenvalue weighted by Gasteiger charge is 2.19. The molecule has 108 valence electrons. The molecule has 2 aromatic rings. The molecule has 0 fully saturated rings. The molecule has 1 aliphatic heterocycles. The molecule has 21 heavy (non-hydrogen) atoms. The number of methoxy groups -OCH3 is 1. The average Bonchev–Trinajstić information content (AvgIpc) is 2.55. The van der Waals surface area contributed by atoms with Gasteiger partial charge in [-0.3, -0.25) is 4.79 Å². The van der Waals surface area contributed by atoms with Crippen LogP contribution in [0.2, 0.25) is 0 Å². The van der Waals surface area contributed by atoms with Gasteiger partial charge in [0.15, 0.2) is 5.78 Å². The number of aryl methyl sites for hydroxylation is 1. The number of para-hydroxylation sites is 1. The second kappa shape index (κ2) is 5.95. The molecular weight excluding hydrogens is 266 g/mol. The maximum atomic E-state index is 12.5. The molecule has 0 amide bonds. The fourth-order valence-electron chi connectivity index (χ4n) is 2.53. The van der Waals surface area contributed by atoms with Gasteiger partial charge in [-0.25, -0.2) is 4.98 Å². The Kier molecular flexibility index (Phi) is 3.86. The summed E-state index contributed by atoms with van der Waals surface area (Å²) in [5, 5.41) is 0. The molecule has 0 aliphatic carbocycles. The zero-order chi connectivity index (χ0) is 14.7. The number of carbonyl (C=O) groups excluding carboxylic acids is 1. The number of rotatable bonds is 4. The van der Waals surface area contributed by atoms with Gasteiger partial charge in [-0.2, -0.15) is 0 Å². The van der Waals surface area contributed by atoms with E-state index in [4.69, 9.17) is 9.47 Å². The molecule has 3 rings (SSSR count). The Morgan fingerprint density at radius 2 is 2.24 bits per heavy atom. The van der Waals surface area contributed by atoms with Crippen molar-refractivity contribution in [1.82, 2.24) is 4.98 Å². The SMILES string of the molecule is COc1ccc(CC(=O)c2cccc3c2OCCC3)cn1. The summed E-state index contributed by atoms with van der Waals surface area (Å²) in [4.78, 5) is 16.6. The molecule has 0 saturated heterocycles. The van der Waals surface area contributed by atoms with E-state index in [0.717, 1.165) is 29.7 Å². The summed E-state index contributed by atoms with van der Waals surface area (Å²) >= 11 is 0. The van der Waals surface area contributed by atoms with Crippen molar-refractivity contribution in [2.24, 2.45) is 0 Å². The van der Waals surface area contributed by atoms with Gasteiger partial charge in [0.1, 0.15) is 5.75 Å². The van der Waals surface area contributed by atoms with Crippen LogP contribution in [0.1, 0.15) is 27.9 Å². The van der Waals surface area contributed by atoms with Crippen molar-refractivity contribution >= 4 is 5.78 Å². The molecule has 0 spiro atoms. The topological polar surface area (TPSA) is 48.4 Å². The first-order valence-corrected chi connectivity index (χ1v) is 7.05. The number of aromatic nitrogens is 1. The molecule has 1 aliphatic rings. The van der Waals surface area contributed by atoms with E-state index in [1.54, 1.807) is 19.4 Å². The van der Waals surface area contributed by atoms with E-state index in [1.807, 2.05) is 24.3 Å². The van der Waals surface area contributed by atoms with Crippen LogP contribution in [-0.2, 0) is 12.8 Å². The highest BCUT2D eigenvalue weighted by Crippen LogP contribution is 2.29. The molecule has 0 unspecified atom stereocenters. The van der Waals surface area contributed by atoms with E-state index < -0.39 is 0 Å². The summed E-state index contributed by atoms with van der Waals surface area (Å²) in [6.45, 7) is 0.682. The quantitative estimate of drug-likeness (QED) is 0.810. The van der Waals surface area contributed by atoms with Crippen molar-refractivity contribution in [3.63, 3.8) is 0 Å². The molecule has 1 aromatic heterocycles. The molecule has 0 atom stereocenters. The van der Waals surface area contributed by atoms with Crippen molar-refractivity contribution in [3.05, 3.63) is 53.2 Å². The van der Waals surface area contributed by atoms with Gasteiger partial charge < -0.3 is 9.47 Å². The van der Waals surface area contributed by atoms with Crippen molar-refractivity contribution < 1.29 is 14.3 Å². The number of fused-ring (bicyclic) bond motifs is 1. The normalized spacial score (nSPS) is 13.2. The van der Waals surface area contributed by atoms with Crippen LogP contribution in [0.3, 0.4) is 0 Å². The number of carbonyl (C=O) groups is 1. The number of ether oxygens (including phenoxy) is 2. The number of pyridine rings is 1. The summed E-state index contributed by atoms with van der Waals surface area (Å²) in [6.07, 6.45) is 3.97. The molecule has 0 N–H and O–H groups in total. The van der Waals surface area contributed by atoms with Crippen molar-refractivity contribution in [3.8, 4) is 11.6 Å². The zero-order valence-electron chi connectivity index (χ0n) is 12.0. The Morgan fingerprint density at radius 3 is 3.00 bits per heavy atom. The van der Waals surface area contributed by atoms with E-state index in [0.29, 0.717) is 24.5 Å². The summed E-state index contributed by atoms with van der Waals surface area (Å²) < 4.78 is 10.7. The predicted octanol–water partition coefficient (Wildman–Crippen LogP) is 2.84. The van der Waals surface area contributed by atoms with Crippen LogP contribution in [0.5, 0.6) is 11.6 Å². The van der Waals surface area contributed by atoms with Gasteiger partial charge in [-0.15, -0.1) is 0 Å². The Balaban J connectivity index is 1.82. The fourth-order valence-corrected chi connectivity index (χ4v) is 2.53. The third kappa shape index (κ3) is 2.89. The predicted molar refractivity (Wildman–Crippen MR) is 79.1 cm³/mol. The van der Waals surface area contributed by atoms with Crippen molar-refractivity contribution in [2.45, 2.75) is 19.3 Å². The fraction of sp³-hybridized carbons (Fsp3) is 0.294. The monoisotopic (exact) mass is 283 g/mol. The number of hydrogen-bond acceptors (Lipinski definition) is 4. The lowest BCUT2D eigenvalue weighted by Gasteiger charge is -2.19. The lowest BCUT2D eigenvalue weighted by molar-refractivity contribution is 0.0988. The Bertz CT molecular complexity index is 650. The Morgan fingerprint density at radius 1 is 1.33 bits per heavy atom. The van der Waals surface area contributed by atoms with Gasteiger partial charge in [0.25, 0.3) is 0 Å². The van der Waals surface area contributed by atoms with Gasteiger partial charge in [0.05, 0.1) is 19.3 Å². The zero-order valence-corrected chi connectivity index (χ0v) is 12.0. The summed E-state index contributed by atoms with van der Waals surface area (Å²) in [6, 6.07) is 9.41. The molecule has 4 heteroatoms. The van der Waals surface area contributed by atoms with E-state index in [2.05, 4.69) is 4.98 Å². The number of benzene rings is 1. The minimum absolute atomic E-state index is 0.0562. The maximum absolute atomic E-state index is 12.5. The second-order valence-electron chi connectivity index (χ2n) is 5.05. The standard InChI is InChI=1S/C17H17NO3/c1-20-16-8-7-12(11-18-16)10-15(19)14-6-2-4-13-5-3-9-21-17(13)14/h2,4,6-8,11H,3,5,9-10H2,1H3. The van der Waals surface area contributed by atoms with E-state index in [1.165, 1.54) is 0 Å². The van der Waals surface area contributed by atoms with Crippen LogP contribution in [0.4, 0.5) is 0 Å². The van der Waals surface area contributed by atoms with Gasteiger partial charge in [-0.05, 0) is 30.0 Å². The van der Waals surface area contributed by atoms with Gasteiger partial charge in [0.2, 0.25) is 5.88 Å². The van der Waals surface area contributed by atoms with Crippen LogP contribution in [0.25, 0.3) is 0 Å². The molecule has 4 nitrogen and oxygen atoms in total. The van der Waals surface area contributed by atoms with Gasteiger partial charge in [-0.1, -0.05) is 18.2 Å². The molecule has 2 heterocycles. The molecule has 0 saturated carbocycles. The average molecular weight is 283 g/mol. The number of hydrogen-bond donors (Lipinski definition) is 0. The maximum Gasteiger partial charge on any atom is 0.212 e. The van der Waals surface area contributed by atoms with E-state index in [9.17, 15) is 4.79 Å². The van der Waals surface area contributed by atoms with Gasteiger partial charge >= 0.3 is 0 Å². The summed E-state index contributed by atoms with van der Waals surface area (Å²) in [7, 11) is 1.57. The second-order valence-corrected chi connectivity index (χ2v) is 5.05. The highest BCUT2D eigenvalue weighted by atomic mass is 16.5. The highest BCUT2D eigenvalue weighted by molar-refractivity contribution is 6.00. The minimum Gasteiger partial charge on any atom is -0.493 e. The number of Topliss-reactive ketones (excluding diaryl/α,β-unsaturated/α-hetero) is 1. The first-order valence-electron chi connectivity index (χ1n) is 7.05. The smallest absolute Gasteiger partial charge is 0.212 e. The van der Waals surface area contributed by atoms with Gasteiger partial charge in [0, 0.05) is 18.7 Å². The lowest BCUT2D eigenvalue weighted by Crippen LogP contribution is -2.14. The van der Waals surface area contributed by atoms with E-state index in [-0.39, 0.29) is 5.78 Å². The summed E-state index contributed by atoms with van der Waals surface area (Å²) in [5.41, 5.74) is 2.66. The number of ketones is 1. The molecule has 1 aromatic carbocycles. The lowest BCUT2D eigenvalue weighted by atomic mass is 9.97. The Hall–Kier alpha value is -2.36. The largest absolute Gasteiger partial charge is 0.493 e. The van der Waals surface area contributed by atoms with Crippen molar-refractivity contribution in [1.29, 1.82) is 0 Å². The van der Waals surface area contributed by atoms with Crippen LogP contribution in [0.15, 0.2) is 36.5 Å². The van der Waals surface area contributed by atoms with Crippen LogP contribution >= 0.6 is 0 Å². The first kappa shape index (κ1) is 13.6. The third-order valence-electron chi connectivity index (χ3n) is 3.61. The summed E-state index contributed by atoms with van der Waals surface area (Å²) in [5.74, 6) is 1.36. The van der Waals surface area contributed by atoms with Crippen LogP contribution in [0, 0.1) is 0 Å². The first-order chi connectivity index (χ1) is 10.3. The Labute approximate surface area is 123 Å². The van der Waals surface area contributed by atoms with Crippen LogP contribution in [-0.4, -0.2) is 24.5 Å².